The van der Waals surface area contributed by atoms with Crippen molar-refractivity contribution in [3.63, 3.8) is 0 Å². The summed E-state index contributed by atoms with van der Waals surface area (Å²) in [6.07, 6.45) is 1.24. The van der Waals surface area contributed by atoms with Gasteiger partial charge in [0.15, 0.2) is 5.03 Å². The summed E-state index contributed by atoms with van der Waals surface area (Å²) < 4.78 is 115. The number of hydrogen-bond acceptors (Lipinski definition) is 7. The van der Waals surface area contributed by atoms with E-state index in [0.29, 0.717) is 0 Å². The SMILES string of the molecule is O=S(=O)(c1ccccn1)c1cc(Cl)ccc1S(=O)(=O)N1CC2C(CNS(=O)(=O)C(F)(F)F)[C@@H]2C1. The molecule has 1 saturated carbocycles. The lowest BCUT2D eigenvalue weighted by Gasteiger charge is -2.21. The number of nitrogens with one attached hydrogen (secondary N) is 1. The lowest BCUT2D eigenvalue weighted by Crippen LogP contribution is -2.39. The van der Waals surface area contributed by atoms with Gasteiger partial charge in [-0.05, 0) is 48.1 Å². The number of sulfonamides is 2. The maximum Gasteiger partial charge on any atom is 0.511 e. The van der Waals surface area contributed by atoms with Gasteiger partial charge in [0.05, 0.1) is 4.90 Å². The molecule has 2 heterocycles. The van der Waals surface area contributed by atoms with Gasteiger partial charge < -0.3 is 0 Å². The van der Waals surface area contributed by atoms with Gasteiger partial charge in [-0.25, -0.2) is 35.0 Å². The minimum Gasteiger partial charge on any atom is -0.244 e. The third-order valence-corrected chi connectivity index (χ3v) is 11.0. The first kappa shape index (κ1) is 25.3. The Balaban J connectivity index is 1.55. The zero-order valence-electron chi connectivity index (χ0n) is 17.0. The number of nitrogens with zero attached hydrogens (tertiary/aromatic N) is 2. The van der Waals surface area contributed by atoms with Crippen molar-refractivity contribution >= 4 is 41.5 Å². The predicted molar refractivity (Wildman–Crippen MR) is 113 cm³/mol. The van der Waals surface area contributed by atoms with Crippen molar-refractivity contribution in [2.24, 2.45) is 17.8 Å². The molecule has 2 unspecified atom stereocenters. The molecular weight excluding hydrogens is 543 g/mol. The number of alkyl halides is 3. The van der Waals surface area contributed by atoms with Crippen LogP contribution in [0.5, 0.6) is 0 Å². The molecule has 4 rings (SSSR count). The highest BCUT2D eigenvalue weighted by Gasteiger charge is 2.59. The van der Waals surface area contributed by atoms with Crippen LogP contribution >= 0.6 is 11.6 Å². The minimum atomic E-state index is -5.49. The van der Waals surface area contributed by atoms with E-state index in [9.17, 15) is 38.4 Å². The molecule has 1 aromatic heterocycles. The molecule has 0 spiro atoms. The van der Waals surface area contributed by atoms with E-state index in [-0.39, 0.29) is 35.0 Å². The predicted octanol–water partition coefficient (Wildman–Crippen LogP) is 1.87. The first-order valence-electron chi connectivity index (χ1n) is 9.68. The van der Waals surface area contributed by atoms with E-state index in [2.05, 4.69) is 4.98 Å². The molecule has 0 radical (unpaired) electrons. The number of piperidine rings is 1. The monoisotopic (exact) mass is 559 g/mol. The number of benzene rings is 1. The fourth-order valence-electron chi connectivity index (χ4n) is 4.06. The highest BCUT2D eigenvalue weighted by Crippen LogP contribution is 2.53. The van der Waals surface area contributed by atoms with Crippen LogP contribution in [0, 0.1) is 17.8 Å². The van der Waals surface area contributed by atoms with Crippen LogP contribution in [0.3, 0.4) is 0 Å². The number of halogens is 4. The van der Waals surface area contributed by atoms with E-state index in [1.54, 1.807) is 0 Å². The largest absolute Gasteiger partial charge is 0.511 e. The average Bonchev–Trinajstić information content (AvgIpc) is 3.19. The van der Waals surface area contributed by atoms with Crippen LogP contribution in [0.1, 0.15) is 0 Å². The maximum atomic E-state index is 13.3. The summed E-state index contributed by atoms with van der Waals surface area (Å²) >= 11 is 5.94. The third kappa shape index (κ3) is 4.44. The van der Waals surface area contributed by atoms with Gasteiger partial charge in [0.25, 0.3) is 0 Å². The number of rotatable bonds is 7. The second-order valence-corrected chi connectivity index (χ2v) is 13.8. The molecule has 9 nitrogen and oxygen atoms in total. The maximum absolute atomic E-state index is 13.3. The van der Waals surface area contributed by atoms with Gasteiger partial charge in [-0.3, -0.25) is 0 Å². The van der Waals surface area contributed by atoms with Gasteiger partial charge in [0, 0.05) is 30.9 Å². The average molecular weight is 560 g/mol. The normalized spacial score (nSPS) is 23.6. The zero-order valence-corrected chi connectivity index (χ0v) is 20.2. The number of sulfone groups is 1. The van der Waals surface area contributed by atoms with Gasteiger partial charge in [0.2, 0.25) is 19.9 Å². The molecule has 1 N–H and O–H groups in total. The second-order valence-electron chi connectivity index (χ2n) is 7.87. The van der Waals surface area contributed by atoms with Gasteiger partial charge >= 0.3 is 15.5 Å². The molecule has 1 aliphatic carbocycles. The topological polar surface area (TPSA) is 131 Å². The fraction of sp³-hybridized carbons (Fsp3) is 0.389. The fourth-order valence-corrected chi connectivity index (χ4v) is 8.38. The van der Waals surface area contributed by atoms with Crippen LogP contribution in [-0.2, 0) is 29.9 Å². The summed E-state index contributed by atoms with van der Waals surface area (Å²) in [6.45, 7) is -0.639. The Kier molecular flexibility index (Phi) is 6.26. The Morgan fingerprint density at radius 1 is 1.00 bits per heavy atom. The summed E-state index contributed by atoms with van der Waals surface area (Å²) in [4.78, 5) is 2.74. The third-order valence-electron chi connectivity index (χ3n) is 5.88. The van der Waals surface area contributed by atoms with Crippen molar-refractivity contribution in [2.75, 3.05) is 19.6 Å². The van der Waals surface area contributed by atoms with E-state index in [4.69, 9.17) is 11.6 Å². The van der Waals surface area contributed by atoms with E-state index < -0.39 is 57.6 Å². The van der Waals surface area contributed by atoms with Crippen molar-refractivity contribution in [1.82, 2.24) is 14.0 Å². The van der Waals surface area contributed by atoms with E-state index in [0.717, 1.165) is 16.4 Å². The molecule has 0 bridgehead atoms. The summed E-state index contributed by atoms with van der Waals surface area (Å²) in [5.41, 5.74) is -5.43. The molecule has 2 aliphatic rings. The molecule has 0 amide bonds. The summed E-state index contributed by atoms with van der Waals surface area (Å²) in [5, 5.41) is -0.371. The number of fused-ring (bicyclic) bond motifs is 1. The highest BCUT2D eigenvalue weighted by atomic mass is 35.5. The van der Waals surface area contributed by atoms with E-state index in [1.807, 2.05) is 0 Å². The quantitative estimate of drug-likeness (QED) is 0.548. The number of pyridine rings is 1. The zero-order chi connectivity index (χ0) is 25.1. The van der Waals surface area contributed by atoms with E-state index >= 15 is 0 Å². The molecule has 2 fully saturated rings. The molecule has 2 aromatic rings. The highest BCUT2D eigenvalue weighted by molar-refractivity contribution is 7.93. The Hall–Kier alpha value is -1.78. The Morgan fingerprint density at radius 2 is 1.65 bits per heavy atom. The smallest absolute Gasteiger partial charge is 0.244 e. The number of aromatic nitrogens is 1. The Morgan fingerprint density at radius 3 is 2.21 bits per heavy atom. The summed E-state index contributed by atoms with van der Waals surface area (Å²) in [6, 6.07) is 7.47. The summed E-state index contributed by atoms with van der Waals surface area (Å²) in [7, 11) is -14.2. The van der Waals surface area contributed by atoms with E-state index in [1.165, 1.54) is 35.2 Å². The molecular formula is C18H17ClF3N3O6S3. The van der Waals surface area contributed by atoms with Crippen LogP contribution in [-0.4, -0.2) is 59.7 Å². The van der Waals surface area contributed by atoms with Crippen LogP contribution in [0.25, 0.3) is 0 Å². The molecule has 1 aliphatic heterocycles. The van der Waals surface area contributed by atoms with Crippen LogP contribution in [0.4, 0.5) is 13.2 Å². The Labute approximate surface area is 199 Å². The molecule has 34 heavy (non-hydrogen) atoms. The van der Waals surface area contributed by atoms with Gasteiger partial charge in [-0.2, -0.15) is 17.5 Å². The minimum absolute atomic E-state index is 0.00487. The molecule has 3 atom stereocenters. The lowest BCUT2D eigenvalue weighted by atomic mass is 10.3. The van der Waals surface area contributed by atoms with Gasteiger partial charge in [-0.1, -0.05) is 17.7 Å². The van der Waals surface area contributed by atoms with Gasteiger partial charge in [0.1, 0.15) is 4.90 Å². The molecule has 1 aromatic carbocycles. The Bertz CT molecular complexity index is 1420. The number of hydrogen-bond donors (Lipinski definition) is 1. The van der Waals surface area contributed by atoms with Crippen molar-refractivity contribution in [3.8, 4) is 0 Å². The van der Waals surface area contributed by atoms with Crippen LogP contribution in [0.2, 0.25) is 5.02 Å². The van der Waals surface area contributed by atoms with Crippen molar-refractivity contribution in [2.45, 2.75) is 20.3 Å². The lowest BCUT2D eigenvalue weighted by molar-refractivity contribution is -0.0448. The molecule has 16 heteroatoms. The molecule has 186 valence electrons. The first-order valence-corrected chi connectivity index (χ1v) is 14.5. The second kappa shape index (κ2) is 8.41. The van der Waals surface area contributed by atoms with Crippen LogP contribution in [0.15, 0.2) is 57.4 Å². The standard InChI is InChI=1S/C18H17ClF3N3O6S3/c19-11-4-5-15(16(7-11)32(26,27)17-3-1-2-6-23-17)33(28,29)25-9-13-12(14(13)10-25)8-24-34(30,31)18(20,21)22/h1-7,12-14,24H,8-10H2/t12?,13-,14?/m0/s1. The van der Waals surface area contributed by atoms with Crippen molar-refractivity contribution in [1.29, 1.82) is 0 Å². The van der Waals surface area contributed by atoms with Crippen molar-refractivity contribution < 1.29 is 38.4 Å². The van der Waals surface area contributed by atoms with Gasteiger partial charge in [-0.15, -0.1) is 0 Å². The first-order chi connectivity index (χ1) is 15.7. The van der Waals surface area contributed by atoms with Crippen molar-refractivity contribution in [3.05, 3.63) is 47.6 Å². The van der Waals surface area contributed by atoms with Crippen LogP contribution < -0.4 is 4.72 Å². The molecule has 1 saturated heterocycles. The summed E-state index contributed by atoms with van der Waals surface area (Å²) in [5.74, 6) is -1.16.